The number of hydrogen-bond donors (Lipinski definition) is 1. The molecular formula is C23H26Cl2N2O7S. The number of hydrogen-bond acceptors (Lipinski definition) is 7. The quantitative estimate of drug-likeness (QED) is 0.497. The van der Waals surface area contributed by atoms with Gasteiger partial charge in [-0.15, -0.1) is 0 Å². The van der Waals surface area contributed by atoms with Crippen LogP contribution in [-0.2, 0) is 19.4 Å². The number of anilines is 1. The third-order valence-electron chi connectivity index (χ3n) is 5.13. The van der Waals surface area contributed by atoms with Crippen LogP contribution in [0.1, 0.15) is 25.3 Å². The Morgan fingerprint density at radius 1 is 1.23 bits per heavy atom. The fourth-order valence-electron chi connectivity index (χ4n) is 3.50. The molecule has 12 heteroatoms. The smallest absolute Gasteiger partial charge is 0.414 e. The standard InChI is InChI=1S/C23H26Cl2N2O7S/c1-13(2)17-9-15(5-6-20(17)32-3)33-22-18(24)7-14(8-19(22)25)27-11-16(34-23(27)29)10-26-21(28)12-35(4,30)31/h5-9,13,16H,10-12H2,1-4H3,(H,26,28). The Labute approximate surface area is 214 Å². The second-order valence-corrected chi connectivity index (χ2v) is 11.3. The number of carbonyl (C=O) groups excluding carboxylic acids is 2. The SMILES string of the molecule is COc1ccc(Oc2c(Cl)cc(N3CC(CNC(=O)CS(C)(=O)=O)OC3=O)cc2Cl)cc1C(C)C. The lowest BCUT2D eigenvalue weighted by atomic mass is 10.0. The minimum atomic E-state index is -3.46. The van der Waals surface area contributed by atoms with E-state index in [2.05, 4.69) is 5.32 Å². The average Bonchev–Trinajstić information content (AvgIpc) is 3.14. The van der Waals surface area contributed by atoms with E-state index < -0.39 is 33.7 Å². The Hall–Kier alpha value is -2.69. The summed E-state index contributed by atoms with van der Waals surface area (Å²) in [4.78, 5) is 25.4. The number of rotatable bonds is 9. The molecule has 2 amide bonds. The predicted molar refractivity (Wildman–Crippen MR) is 134 cm³/mol. The molecule has 2 aromatic carbocycles. The molecule has 0 saturated carbocycles. The molecule has 0 aliphatic carbocycles. The normalized spacial score (nSPS) is 15.8. The molecule has 1 N–H and O–H groups in total. The van der Waals surface area contributed by atoms with Gasteiger partial charge in [0, 0.05) is 11.8 Å². The third-order valence-corrected chi connectivity index (χ3v) is 6.48. The van der Waals surface area contributed by atoms with Crippen LogP contribution in [0.2, 0.25) is 10.0 Å². The lowest BCUT2D eigenvalue weighted by molar-refractivity contribution is -0.119. The van der Waals surface area contributed by atoms with Crippen molar-refractivity contribution in [1.29, 1.82) is 0 Å². The predicted octanol–water partition coefficient (Wildman–Crippen LogP) is 4.40. The van der Waals surface area contributed by atoms with Crippen LogP contribution < -0.4 is 19.7 Å². The first-order valence-corrected chi connectivity index (χ1v) is 13.5. The Kier molecular flexibility index (Phi) is 8.40. The highest BCUT2D eigenvalue weighted by Gasteiger charge is 2.33. The largest absolute Gasteiger partial charge is 0.496 e. The van der Waals surface area contributed by atoms with E-state index in [0.29, 0.717) is 11.4 Å². The highest BCUT2D eigenvalue weighted by Crippen LogP contribution is 2.41. The molecule has 1 unspecified atom stereocenters. The van der Waals surface area contributed by atoms with E-state index in [1.807, 2.05) is 19.9 Å². The number of carbonyl (C=O) groups is 2. The van der Waals surface area contributed by atoms with Crippen LogP contribution in [0.3, 0.4) is 0 Å². The van der Waals surface area contributed by atoms with Gasteiger partial charge in [-0.1, -0.05) is 37.0 Å². The highest BCUT2D eigenvalue weighted by molar-refractivity contribution is 7.91. The van der Waals surface area contributed by atoms with Crippen molar-refractivity contribution in [2.45, 2.75) is 25.9 Å². The Morgan fingerprint density at radius 2 is 1.89 bits per heavy atom. The zero-order chi connectivity index (χ0) is 25.9. The fraction of sp³-hybridized carbons (Fsp3) is 0.391. The number of cyclic esters (lactones) is 1. The van der Waals surface area contributed by atoms with Gasteiger partial charge in [0.15, 0.2) is 15.6 Å². The maximum Gasteiger partial charge on any atom is 0.414 e. The molecule has 0 radical (unpaired) electrons. The van der Waals surface area contributed by atoms with Crippen LogP contribution in [0.15, 0.2) is 30.3 Å². The first-order valence-electron chi connectivity index (χ1n) is 10.7. The van der Waals surface area contributed by atoms with E-state index in [0.717, 1.165) is 17.6 Å². The summed E-state index contributed by atoms with van der Waals surface area (Å²) in [5, 5.41) is 2.82. The Morgan fingerprint density at radius 3 is 2.46 bits per heavy atom. The van der Waals surface area contributed by atoms with Crippen molar-refractivity contribution in [2.24, 2.45) is 0 Å². The van der Waals surface area contributed by atoms with Crippen molar-refractivity contribution in [3.05, 3.63) is 45.9 Å². The minimum Gasteiger partial charge on any atom is -0.496 e. The molecule has 0 aromatic heterocycles. The number of ether oxygens (including phenoxy) is 3. The molecule has 0 bridgehead atoms. The molecule has 0 spiro atoms. The van der Waals surface area contributed by atoms with E-state index in [1.54, 1.807) is 19.2 Å². The number of nitrogens with one attached hydrogen (secondary N) is 1. The van der Waals surface area contributed by atoms with E-state index in [1.165, 1.54) is 17.0 Å². The number of nitrogens with zero attached hydrogens (tertiary/aromatic N) is 1. The second kappa shape index (κ2) is 10.9. The molecule has 9 nitrogen and oxygen atoms in total. The second-order valence-electron chi connectivity index (χ2n) is 8.39. The van der Waals surface area contributed by atoms with Gasteiger partial charge in [-0.2, -0.15) is 0 Å². The van der Waals surface area contributed by atoms with E-state index in [4.69, 9.17) is 37.4 Å². The topological polar surface area (TPSA) is 111 Å². The van der Waals surface area contributed by atoms with Gasteiger partial charge in [0.2, 0.25) is 5.91 Å². The van der Waals surface area contributed by atoms with Crippen molar-refractivity contribution in [3.8, 4) is 17.2 Å². The monoisotopic (exact) mass is 544 g/mol. The number of methoxy groups -OCH3 is 1. The van der Waals surface area contributed by atoms with E-state index in [-0.39, 0.29) is 34.8 Å². The molecule has 3 rings (SSSR count). The van der Waals surface area contributed by atoms with Crippen LogP contribution >= 0.6 is 23.2 Å². The first-order chi connectivity index (χ1) is 16.4. The van der Waals surface area contributed by atoms with Crippen molar-refractivity contribution >= 4 is 50.7 Å². The van der Waals surface area contributed by atoms with Gasteiger partial charge in [0.25, 0.3) is 0 Å². The van der Waals surface area contributed by atoms with Crippen molar-refractivity contribution < 1.29 is 32.2 Å². The van der Waals surface area contributed by atoms with Gasteiger partial charge in [-0.05, 0) is 36.2 Å². The van der Waals surface area contributed by atoms with Gasteiger partial charge in [0.1, 0.15) is 23.4 Å². The highest BCUT2D eigenvalue weighted by atomic mass is 35.5. The molecule has 2 aromatic rings. The van der Waals surface area contributed by atoms with Crippen LogP contribution in [0.4, 0.5) is 10.5 Å². The number of benzene rings is 2. The number of sulfone groups is 1. The van der Waals surface area contributed by atoms with Gasteiger partial charge in [0.05, 0.1) is 35.9 Å². The van der Waals surface area contributed by atoms with Crippen molar-refractivity contribution in [2.75, 3.05) is 37.1 Å². The summed E-state index contributed by atoms with van der Waals surface area (Å²) < 4.78 is 39.0. The molecule has 1 atom stereocenters. The Balaban J connectivity index is 1.72. The Bertz CT molecular complexity index is 1210. The lowest BCUT2D eigenvalue weighted by Crippen LogP contribution is -2.37. The van der Waals surface area contributed by atoms with Gasteiger partial charge in [-0.3, -0.25) is 9.69 Å². The lowest BCUT2D eigenvalue weighted by Gasteiger charge is -2.18. The maximum atomic E-state index is 12.4. The molecular weight excluding hydrogens is 519 g/mol. The number of amides is 2. The summed E-state index contributed by atoms with van der Waals surface area (Å²) in [6.07, 6.45) is -0.360. The summed E-state index contributed by atoms with van der Waals surface area (Å²) >= 11 is 12.9. The molecule has 190 valence electrons. The molecule has 1 fully saturated rings. The molecule has 1 heterocycles. The first kappa shape index (κ1) is 26.9. The zero-order valence-electron chi connectivity index (χ0n) is 19.6. The van der Waals surface area contributed by atoms with Crippen LogP contribution in [0, 0.1) is 0 Å². The van der Waals surface area contributed by atoms with Gasteiger partial charge in [-0.25, -0.2) is 13.2 Å². The molecule has 1 aliphatic heterocycles. The van der Waals surface area contributed by atoms with Crippen LogP contribution in [-0.4, -0.2) is 58.7 Å². The molecule has 1 saturated heterocycles. The summed E-state index contributed by atoms with van der Waals surface area (Å²) in [6, 6.07) is 8.45. The minimum absolute atomic E-state index is 0.0328. The summed E-state index contributed by atoms with van der Waals surface area (Å²) in [7, 11) is -1.86. The van der Waals surface area contributed by atoms with Gasteiger partial charge >= 0.3 is 6.09 Å². The summed E-state index contributed by atoms with van der Waals surface area (Å²) in [6.45, 7) is 4.15. The van der Waals surface area contributed by atoms with Crippen molar-refractivity contribution in [1.82, 2.24) is 5.32 Å². The number of halogens is 2. The van der Waals surface area contributed by atoms with Crippen molar-refractivity contribution in [3.63, 3.8) is 0 Å². The van der Waals surface area contributed by atoms with Crippen LogP contribution in [0.5, 0.6) is 17.2 Å². The molecule has 1 aliphatic rings. The summed E-state index contributed by atoms with van der Waals surface area (Å²) in [5.74, 6) is 0.387. The van der Waals surface area contributed by atoms with Gasteiger partial charge < -0.3 is 19.5 Å². The zero-order valence-corrected chi connectivity index (χ0v) is 22.0. The molecule has 35 heavy (non-hydrogen) atoms. The van der Waals surface area contributed by atoms with E-state index in [9.17, 15) is 18.0 Å². The van der Waals surface area contributed by atoms with Crippen LogP contribution in [0.25, 0.3) is 0 Å². The maximum absolute atomic E-state index is 12.4. The third kappa shape index (κ3) is 6.93. The fourth-order valence-corrected chi connectivity index (χ4v) is 4.63. The summed E-state index contributed by atoms with van der Waals surface area (Å²) in [5.41, 5.74) is 1.35. The van der Waals surface area contributed by atoms with E-state index >= 15 is 0 Å². The average molecular weight is 545 g/mol.